The molecular formula is C14H11F2N3OS. The number of para-hydroxylation sites is 2. The van der Waals surface area contributed by atoms with E-state index in [2.05, 4.69) is 4.98 Å². The zero-order valence-electron chi connectivity index (χ0n) is 10.8. The normalized spacial score (nSPS) is 11.4. The lowest BCUT2D eigenvalue weighted by molar-refractivity contribution is -0.645. The van der Waals surface area contributed by atoms with Crippen LogP contribution in [0.25, 0.3) is 11.0 Å². The Balaban J connectivity index is 1.93. The fraction of sp³-hybridized carbons (Fsp3) is 0.143. The van der Waals surface area contributed by atoms with Gasteiger partial charge in [-0.15, -0.1) is 0 Å². The number of hydrogen-bond donors (Lipinski definition) is 0. The molecule has 4 nitrogen and oxygen atoms in total. The summed E-state index contributed by atoms with van der Waals surface area (Å²) in [6.45, 7) is -2.66. The molecule has 2 heterocycles. The Morgan fingerprint density at radius 1 is 1.19 bits per heavy atom. The van der Waals surface area contributed by atoms with Gasteiger partial charge in [-0.05, 0) is 30.0 Å². The maximum Gasteiger partial charge on any atom is 0.320 e. The van der Waals surface area contributed by atoms with Crippen LogP contribution in [0, 0.1) is 5.21 Å². The Hall–Kier alpha value is -2.15. The summed E-state index contributed by atoms with van der Waals surface area (Å²) < 4.78 is 28.1. The van der Waals surface area contributed by atoms with Crippen molar-refractivity contribution in [2.45, 2.75) is 17.3 Å². The maximum absolute atomic E-state index is 13.2. The van der Waals surface area contributed by atoms with Gasteiger partial charge in [0.05, 0.1) is 16.8 Å². The van der Waals surface area contributed by atoms with E-state index >= 15 is 0 Å². The van der Waals surface area contributed by atoms with Gasteiger partial charge in [-0.25, -0.2) is 4.98 Å². The summed E-state index contributed by atoms with van der Waals surface area (Å²) in [6, 6.07) is 11.7. The fourth-order valence-corrected chi connectivity index (χ4v) is 2.92. The van der Waals surface area contributed by atoms with Gasteiger partial charge in [0.1, 0.15) is 5.82 Å². The summed E-state index contributed by atoms with van der Waals surface area (Å²) in [6.07, 6.45) is 1.37. The van der Waals surface area contributed by atoms with E-state index in [4.69, 9.17) is 0 Å². The van der Waals surface area contributed by atoms with Crippen molar-refractivity contribution in [2.24, 2.45) is 0 Å². The molecule has 21 heavy (non-hydrogen) atoms. The van der Waals surface area contributed by atoms with Gasteiger partial charge in [0.15, 0.2) is 6.20 Å². The van der Waals surface area contributed by atoms with Gasteiger partial charge in [-0.1, -0.05) is 12.1 Å². The van der Waals surface area contributed by atoms with E-state index in [-0.39, 0.29) is 11.6 Å². The Morgan fingerprint density at radius 2 is 1.95 bits per heavy atom. The van der Waals surface area contributed by atoms with Crippen molar-refractivity contribution in [3.05, 3.63) is 59.7 Å². The Kier molecular flexibility index (Phi) is 3.74. The standard InChI is InChI=1S/C14H11F2N3OS/c15-14(16)19-11-6-2-1-5-10(11)17-12(19)9-21-13-7-3-4-8-18(13)20/h1-8,14H,9H2. The molecule has 0 atom stereocenters. The highest BCUT2D eigenvalue weighted by molar-refractivity contribution is 7.98. The van der Waals surface area contributed by atoms with Crippen LogP contribution in [0.15, 0.2) is 53.7 Å². The number of aromatic nitrogens is 3. The number of hydrogen-bond acceptors (Lipinski definition) is 3. The van der Waals surface area contributed by atoms with Crippen LogP contribution in [0.2, 0.25) is 0 Å². The average Bonchev–Trinajstić information content (AvgIpc) is 2.85. The molecule has 0 aliphatic carbocycles. The first kappa shape index (κ1) is 13.8. The molecule has 0 amide bonds. The monoisotopic (exact) mass is 307 g/mol. The quantitative estimate of drug-likeness (QED) is 0.422. The summed E-state index contributed by atoms with van der Waals surface area (Å²) in [7, 11) is 0. The van der Waals surface area contributed by atoms with Crippen LogP contribution >= 0.6 is 11.8 Å². The third-order valence-electron chi connectivity index (χ3n) is 3.00. The highest BCUT2D eigenvalue weighted by Crippen LogP contribution is 2.27. The highest BCUT2D eigenvalue weighted by atomic mass is 32.2. The second-order valence-electron chi connectivity index (χ2n) is 4.32. The maximum atomic E-state index is 13.2. The number of fused-ring (bicyclic) bond motifs is 1. The summed E-state index contributed by atoms with van der Waals surface area (Å²) in [5.74, 6) is 0.450. The predicted octanol–water partition coefficient (Wildman–Crippen LogP) is 3.36. The van der Waals surface area contributed by atoms with E-state index in [1.807, 2.05) is 0 Å². The average molecular weight is 307 g/mol. The van der Waals surface area contributed by atoms with Crippen LogP contribution in [0.5, 0.6) is 0 Å². The molecule has 0 N–H and O–H groups in total. The topological polar surface area (TPSA) is 44.8 Å². The second kappa shape index (κ2) is 5.69. The zero-order chi connectivity index (χ0) is 14.8. The molecule has 3 rings (SSSR count). The molecule has 0 radical (unpaired) electrons. The summed E-state index contributed by atoms with van der Waals surface area (Å²) in [5.41, 5.74) is 0.919. The van der Waals surface area contributed by atoms with Crippen LogP contribution in [-0.4, -0.2) is 9.55 Å². The first-order valence-electron chi connectivity index (χ1n) is 6.22. The first-order chi connectivity index (χ1) is 10.2. The molecule has 1 aromatic carbocycles. The number of alkyl halides is 2. The number of imidazole rings is 1. The van der Waals surface area contributed by atoms with Gasteiger partial charge in [0.2, 0.25) is 0 Å². The molecular weight excluding hydrogens is 296 g/mol. The molecule has 0 unspecified atom stereocenters. The molecule has 0 bridgehead atoms. The smallest absolute Gasteiger partial charge is 0.320 e. The van der Waals surface area contributed by atoms with E-state index in [1.165, 1.54) is 18.0 Å². The Morgan fingerprint density at radius 3 is 2.71 bits per heavy atom. The lowest BCUT2D eigenvalue weighted by atomic mass is 10.3. The summed E-state index contributed by atoms with van der Waals surface area (Å²) in [4.78, 5) is 4.23. The third-order valence-corrected chi connectivity index (χ3v) is 4.02. The second-order valence-corrected chi connectivity index (χ2v) is 5.31. The van der Waals surface area contributed by atoms with Crippen molar-refractivity contribution in [1.29, 1.82) is 0 Å². The SMILES string of the molecule is [O-][n+]1ccccc1SCc1nc2ccccc2n1C(F)F. The van der Waals surface area contributed by atoms with Gasteiger partial charge in [-0.3, -0.25) is 4.57 Å². The first-order valence-corrected chi connectivity index (χ1v) is 7.20. The minimum Gasteiger partial charge on any atom is -0.618 e. The van der Waals surface area contributed by atoms with E-state index < -0.39 is 6.55 Å². The Bertz CT molecular complexity index is 776. The third kappa shape index (κ3) is 2.69. The number of thioether (sulfide) groups is 1. The van der Waals surface area contributed by atoms with Crippen molar-refractivity contribution in [2.75, 3.05) is 0 Å². The van der Waals surface area contributed by atoms with E-state index in [0.717, 1.165) is 4.57 Å². The Labute approximate surface area is 123 Å². The highest BCUT2D eigenvalue weighted by Gasteiger charge is 2.18. The summed E-state index contributed by atoms with van der Waals surface area (Å²) in [5, 5.41) is 12.0. The van der Waals surface area contributed by atoms with Gasteiger partial charge in [-0.2, -0.15) is 13.5 Å². The van der Waals surface area contributed by atoms with Gasteiger partial charge < -0.3 is 5.21 Å². The largest absolute Gasteiger partial charge is 0.618 e. The molecule has 2 aromatic heterocycles. The van der Waals surface area contributed by atoms with Crippen molar-refractivity contribution in [3.63, 3.8) is 0 Å². The number of rotatable bonds is 4. The van der Waals surface area contributed by atoms with E-state index in [1.54, 1.807) is 42.5 Å². The minimum absolute atomic E-state index is 0.200. The molecule has 0 saturated heterocycles. The van der Waals surface area contributed by atoms with Gasteiger partial charge in [0.25, 0.3) is 5.03 Å². The van der Waals surface area contributed by atoms with Crippen molar-refractivity contribution >= 4 is 22.8 Å². The van der Waals surface area contributed by atoms with E-state index in [9.17, 15) is 14.0 Å². The lowest BCUT2D eigenvalue weighted by Gasteiger charge is -2.07. The van der Waals surface area contributed by atoms with Crippen LogP contribution < -0.4 is 4.73 Å². The minimum atomic E-state index is -2.66. The van der Waals surface area contributed by atoms with Crippen LogP contribution in [0.3, 0.4) is 0 Å². The van der Waals surface area contributed by atoms with Gasteiger partial charge in [0, 0.05) is 12.1 Å². The van der Waals surface area contributed by atoms with Crippen LogP contribution in [-0.2, 0) is 5.75 Å². The summed E-state index contributed by atoms with van der Waals surface area (Å²) >= 11 is 1.18. The predicted molar refractivity (Wildman–Crippen MR) is 75.9 cm³/mol. The lowest BCUT2D eigenvalue weighted by Crippen LogP contribution is -2.27. The molecule has 0 aliphatic heterocycles. The number of benzene rings is 1. The zero-order valence-corrected chi connectivity index (χ0v) is 11.6. The van der Waals surface area contributed by atoms with Crippen molar-refractivity contribution in [3.8, 4) is 0 Å². The fourth-order valence-electron chi connectivity index (χ4n) is 2.08. The van der Waals surface area contributed by atoms with Crippen molar-refractivity contribution < 1.29 is 13.5 Å². The molecule has 0 fully saturated rings. The van der Waals surface area contributed by atoms with Crippen LogP contribution in [0.4, 0.5) is 8.78 Å². The van der Waals surface area contributed by atoms with Crippen LogP contribution in [0.1, 0.15) is 12.4 Å². The van der Waals surface area contributed by atoms with Crippen molar-refractivity contribution in [1.82, 2.24) is 9.55 Å². The molecule has 7 heteroatoms. The number of halogens is 2. The molecule has 3 aromatic rings. The van der Waals surface area contributed by atoms with E-state index in [0.29, 0.717) is 20.8 Å². The molecule has 0 saturated carbocycles. The molecule has 0 aliphatic rings. The number of pyridine rings is 1. The molecule has 0 spiro atoms. The number of nitrogens with zero attached hydrogens (tertiary/aromatic N) is 3. The molecule has 108 valence electrons. The van der Waals surface area contributed by atoms with Gasteiger partial charge >= 0.3 is 6.55 Å².